The summed E-state index contributed by atoms with van der Waals surface area (Å²) >= 11 is 0. The molecule has 0 fully saturated rings. The first kappa shape index (κ1) is 6.33. The van der Waals surface area contributed by atoms with Gasteiger partial charge in [-0.25, -0.2) is 0 Å². The number of likely N-dealkylation sites (N-methyl/N-ethyl adjacent to an activating group) is 1. The fraction of sp³-hybridized carbons (Fsp3) is 0.571. The van der Waals surface area contributed by atoms with Gasteiger partial charge in [0.1, 0.15) is 0 Å². The van der Waals surface area contributed by atoms with Crippen LogP contribution >= 0.6 is 0 Å². The van der Waals surface area contributed by atoms with E-state index >= 15 is 0 Å². The summed E-state index contributed by atoms with van der Waals surface area (Å²) in [5.74, 6) is 0.219. The van der Waals surface area contributed by atoms with E-state index in [1.165, 1.54) is 0 Å². The maximum Gasteiger partial charge on any atom is 0.179 e. The molecule has 0 aliphatic carbocycles. The van der Waals surface area contributed by atoms with Crippen LogP contribution in [0.4, 0.5) is 0 Å². The second-order valence-corrected chi connectivity index (χ2v) is 2.22. The number of hydrogen-bond acceptors (Lipinski definition) is 2. The maximum absolute atomic E-state index is 10.8. The van der Waals surface area contributed by atoms with Gasteiger partial charge in [0.2, 0.25) is 0 Å². The van der Waals surface area contributed by atoms with Gasteiger partial charge in [0, 0.05) is 12.7 Å². The third kappa shape index (κ3) is 0.969. The summed E-state index contributed by atoms with van der Waals surface area (Å²) in [6.07, 6.45) is 3.49. The molecule has 9 heavy (non-hydrogen) atoms. The van der Waals surface area contributed by atoms with Crippen molar-refractivity contribution in [3.05, 3.63) is 12.3 Å². The van der Waals surface area contributed by atoms with Crippen molar-refractivity contribution >= 4 is 5.78 Å². The first-order chi connectivity index (χ1) is 4.25. The highest BCUT2D eigenvalue weighted by atomic mass is 16.1. The summed E-state index contributed by atoms with van der Waals surface area (Å²) in [4.78, 5) is 12.8. The Morgan fingerprint density at radius 3 is 2.67 bits per heavy atom. The number of carbonyl (C=O) groups excluding carboxylic acids is 1. The van der Waals surface area contributed by atoms with Crippen LogP contribution in [0.2, 0.25) is 0 Å². The molecule has 0 aromatic heterocycles. The van der Waals surface area contributed by atoms with Crippen molar-refractivity contribution < 1.29 is 4.79 Å². The zero-order chi connectivity index (χ0) is 6.85. The van der Waals surface area contributed by atoms with Crippen molar-refractivity contribution in [1.82, 2.24) is 4.90 Å². The Morgan fingerprint density at radius 1 is 1.78 bits per heavy atom. The molecule has 0 amide bonds. The largest absolute Gasteiger partial charge is 0.367 e. The molecule has 0 radical (unpaired) electrons. The predicted molar refractivity (Wildman–Crippen MR) is 36.0 cm³/mol. The fourth-order valence-electron chi connectivity index (χ4n) is 0.980. The van der Waals surface area contributed by atoms with E-state index in [1.807, 2.05) is 24.9 Å². The quantitative estimate of drug-likeness (QED) is 0.516. The molecule has 0 aromatic rings. The molecule has 50 valence electrons. The van der Waals surface area contributed by atoms with Crippen molar-refractivity contribution in [3.63, 3.8) is 0 Å². The molecular weight excluding hydrogens is 114 g/mol. The molecule has 0 saturated heterocycles. The van der Waals surface area contributed by atoms with Crippen LogP contribution in [0.1, 0.15) is 13.8 Å². The Hall–Kier alpha value is -0.790. The van der Waals surface area contributed by atoms with E-state index in [4.69, 9.17) is 0 Å². The minimum absolute atomic E-state index is 0.0787. The number of carbonyl (C=O) groups is 1. The average molecular weight is 125 g/mol. The first-order valence-corrected chi connectivity index (χ1v) is 3.23. The third-order valence-electron chi connectivity index (χ3n) is 1.70. The molecule has 0 aromatic carbocycles. The Bertz CT molecular complexity index is 151. The maximum atomic E-state index is 10.8. The summed E-state index contributed by atoms with van der Waals surface area (Å²) in [6.45, 7) is 4.88. The molecule has 1 aliphatic heterocycles. The van der Waals surface area contributed by atoms with Gasteiger partial charge in [-0.2, -0.15) is 0 Å². The molecular formula is C7H11NO. The number of rotatable bonds is 1. The van der Waals surface area contributed by atoms with Gasteiger partial charge in [0.05, 0.1) is 6.04 Å². The van der Waals surface area contributed by atoms with Crippen LogP contribution in [0.25, 0.3) is 0 Å². The predicted octanol–water partition coefficient (Wildman–Crippen LogP) is 0.793. The van der Waals surface area contributed by atoms with Crippen LogP contribution in [-0.2, 0) is 4.79 Å². The Labute approximate surface area is 55.2 Å². The molecule has 1 unspecified atom stereocenters. The lowest BCUT2D eigenvalue weighted by Crippen LogP contribution is -2.28. The Morgan fingerprint density at radius 2 is 2.44 bits per heavy atom. The van der Waals surface area contributed by atoms with Crippen LogP contribution in [0, 0.1) is 0 Å². The van der Waals surface area contributed by atoms with Gasteiger partial charge in [-0.15, -0.1) is 0 Å². The molecule has 0 N–H and O–H groups in total. The SMILES string of the molecule is CCN1C=CC(=O)C1C. The highest BCUT2D eigenvalue weighted by molar-refractivity contribution is 5.96. The molecule has 0 saturated carbocycles. The fourth-order valence-corrected chi connectivity index (χ4v) is 0.980. The summed E-state index contributed by atoms with van der Waals surface area (Å²) in [6, 6.07) is 0.0787. The van der Waals surface area contributed by atoms with Gasteiger partial charge in [-0.1, -0.05) is 0 Å². The van der Waals surface area contributed by atoms with Gasteiger partial charge < -0.3 is 4.90 Å². The van der Waals surface area contributed by atoms with Crippen molar-refractivity contribution in [1.29, 1.82) is 0 Å². The third-order valence-corrected chi connectivity index (χ3v) is 1.70. The monoisotopic (exact) mass is 125 g/mol. The molecule has 1 aliphatic rings. The zero-order valence-electron chi connectivity index (χ0n) is 5.79. The van der Waals surface area contributed by atoms with Gasteiger partial charge >= 0.3 is 0 Å². The highest BCUT2D eigenvalue weighted by Gasteiger charge is 2.19. The summed E-state index contributed by atoms with van der Waals surface area (Å²) < 4.78 is 0. The van der Waals surface area contributed by atoms with E-state index in [0.717, 1.165) is 6.54 Å². The number of hydrogen-bond donors (Lipinski definition) is 0. The lowest BCUT2D eigenvalue weighted by atomic mass is 10.2. The van der Waals surface area contributed by atoms with E-state index in [0.29, 0.717) is 0 Å². The minimum Gasteiger partial charge on any atom is -0.367 e. The Kier molecular flexibility index (Phi) is 1.56. The lowest BCUT2D eigenvalue weighted by Gasteiger charge is -2.17. The Balaban J connectivity index is 2.62. The number of ketones is 1. The topological polar surface area (TPSA) is 20.3 Å². The second kappa shape index (κ2) is 2.21. The molecule has 1 heterocycles. The van der Waals surface area contributed by atoms with Gasteiger partial charge in [-0.05, 0) is 19.9 Å². The molecule has 2 heteroatoms. The van der Waals surface area contributed by atoms with Crippen LogP contribution < -0.4 is 0 Å². The van der Waals surface area contributed by atoms with Crippen molar-refractivity contribution in [2.45, 2.75) is 19.9 Å². The van der Waals surface area contributed by atoms with E-state index in [-0.39, 0.29) is 11.8 Å². The van der Waals surface area contributed by atoms with Crippen LogP contribution in [0.15, 0.2) is 12.3 Å². The van der Waals surface area contributed by atoms with E-state index in [9.17, 15) is 4.79 Å². The van der Waals surface area contributed by atoms with Gasteiger partial charge in [0.15, 0.2) is 5.78 Å². The van der Waals surface area contributed by atoms with Gasteiger partial charge in [-0.3, -0.25) is 4.79 Å². The average Bonchev–Trinajstić information content (AvgIpc) is 2.15. The molecule has 1 atom stereocenters. The second-order valence-electron chi connectivity index (χ2n) is 2.22. The standard InChI is InChI=1S/C7H11NO/c1-3-8-5-4-7(9)6(8)2/h4-6H,3H2,1-2H3. The number of nitrogens with zero attached hydrogens (tertiary/aromatic N) is 1. The summed E-state index contributed by atoms with van der Waals surface area (Å²) in [5.41, 5.74) is 0. The smallest absolute Gasteiger partial charge is 0.179 e. The molecule has 1 rings (SSSR count). The summed E-state index contributed by atoms with van der Waals surface area (Å²) in [7, 11) is 0. The van der Waals surface area contributed by atoms with E-state index in [2.05, 4.69) is 0 Å². The van der Waals surface area contributed by atoms with Crippen molar-refractivity contribution in [2.75, 3.05) is 6.54 Å². The minimum atomic E-state index is 0.0787. The first-order valence-electron chi connectivity index (χ1n) is 3.23. The van der Waals surface area contributed by atoms with E-state index < -0.39 is 0 Å². The molecule has 0 bridgehead atoms. The van der Waals surface area contributed by atoms with Crippen molar-refractivity contribution in [2.24, 2.45) is 0 Å². The van der Waals surface area contributed by atoms with Crippen molar-refractivity contribution in [3.8, 4) is 0 Å². The molecule has 0 spiro atoms. The normalized spacial score (nSPS) is 25.8. The lowest BCUT2D eigenvalue weighted by molar-refractivity contribution is -0.116. The van der Waals surface area contributed by atoms with E-state index in [1.54, 1.807) is 6.08 Å². The van der Waals surface area contributed by atoms with Crippen LogP contribution in [0.3, 0.4) is 0 Å². The van der Waals surface area contributed by atoms with Crippen LogP contribution in [0.5, 0.6) is 0 Å². The zero-order valence-corrected chi connectivity index (χ0v) is 5.79. The molecule has 2 nitrogen and oxygen atoms in total. The highest BCUT2D eigenvalue weighted by Crippen LogP contribution is 2.08. The van der Waals surface area contributed by atoms with Gasteiger partial charge in [0.25, 0.3) is 0 Å². The van der Waals surface area contributed by atoms with Crippen LogP contribution in [-0.4, -0.2) is 23.3 Å². The summed E-state index contributed by atoms with van der Waals surface area (Å²) in [5, 5.41) is 0.